The van der Waals surface area contributed by atoms with E-state index in [2.05, 4.69) is 5.32 Å². The van der Waals surface area contributed by atoms with Crippen LogP contribution < -0.4 is 10.1 Å². The van der Waals surface area contributed by atoms with Gasteiger partial charge in [-0.25, -0.2) is 4.39 Å². The van der Waals surface area contributed by atoms with Crippen LogP contribution in [-0.4, -0.2) is 12.0 Å². The van der Waals surface area contributed by atoms with Gasteiger partial charge in [0.25, 0.3) is 0 Å². The number of halogens is 1. The lowest BCUT2D eigenvalue weighted by molar-refractivity contribution is -0.115. The third-order valence-electron chi connectivity index (χ3n) is 2.78. The van der Waals surface area contributed by atoms with Gasteiger partial charge in [-0.15, -0.1) is 0 Å². The molecule has 0 radical (unpaired) electrons. The number of amides is 1. The number of nitrogens with one attached hydrogen (secondary N) is 1. The summed E-state index contributed by atoms with van der Waals surface area (Å²) >= 11 is 0. The van der Waals surface area contributed by atoms with Crippen molar-refractivity contribution in [3.63, 3.8) is 0 Å². The molecule has 2 aromatic carbocycles. The Bertz CT molecular complexity index is 626. The third-order valence-corrected chi connectivity index (χ3v) is 2.78. The Kier molecular flexibility index (Phi) is 4.93. The van der Waals surface area contributed by atoms with Gasteiger partial charge in [-0.2, -0.15) is 0 Å². The molecule has 0 saturated heterocycles. The highest BCUT2D eigenvalue weighted by molar-refractivity contribution is 5.93. The Labute approximate surface area is 123 Å². The van der Waals surface area contributed by atoms with Gasteiger partial charge in [-0.1, -0.05) is 24.3 Å². The number of rotatable bonds is 5. The van der Waals surface area contributed by atoms with E-state index in [1.165, 1.54) is 12.1 Å². The summed E-state index contributed by atoms with van der Waals surface area (Å²) in [6.45, 7) is 3.84. The topological polar surface area (TPSA) is 38.3 Å². The van der Waals surface area contributed by atoms with Crippen LogP contribution >= 0.6 is 0 Å². The Hall–Kier alpha value is -2.36. The molecule has 0 spiro atoms. The van der Waals surface area contributed by atoms with Crippen molar-refractivity contribution in [2.24, 2.45) is 0 Å². The second-order valence-electron chi connectivity index (χ2n) is 5.02. The minimum Gasteiger partial charge on any atom is -0.489 e. The van der Waals surface area contributed by atoms with E-state index >= 15 is 0 Å². The highest BCUT2D eigenvalue weighted by Crippen LogP contribution is 2.25. The number of para-hydroxylation sites is 2. The lowest BCUT2D eigenvalue weighted by atomic mass is 10.1. The maximum atomic E-state index is 13.1. The van der Waals surface area contributed by atoms with Gasteiger partial charge in [0, 0.05) is 0 Å². The zero-order valence-corrected chi connectivity index (χ0v) is 12.1. The molecule has 0 aromatic heterocycles. The first kappa shape index (κ1) is 15.0. The molecule has 2 rings (SSSR count). The maximum Gasteiger partial charge on any atom is 0.228 e. The van der Waals surface area contributed by atoms with Gasteiger partial charge in [-0.3, -0.25) is 4.79 Å². The fourth-order valence-corrected chi connectivity index (χ4v) is 1.95. The van der Waals surface area contributed by atoms with Crippen LogP contribution in [0.4, 0.5) is 10.1 Å². The molecule has 4 heteroatoms. The van der Waals surface area contributed by atoms with Crippen LogP contribution in [0.2, 0.25) is 0 Å². The molecular formula is C17H18FNO2. The Balaban J connectivity index is 2.06. The number of hydrogen-bond donors (Lipinski definition) is 1. The molecule has 0 unspecified atom stereocenters. The van der Waals surface area contributed by atoms with Crippen molar-refractivity contribution in [2.75, 3.05) is 5.32 Å². The first-order valence-electron chi connectivity index (χ1n) is 6.84. The molecule has 0 saturated carbocycles. The Morgan fingerprint density at radius 2 is 1.95 bits per heavy atom. The summed E-state index contributed by atoms with van der Waals surface area (Å²) < 4.78 is 18.7. The van der Waals surface area contributed by atoms with Crippen molar-refractivity contribution in [2.45, 2.75) is 26.4 Å². The van der Waals surface area contributed by atoms with Crippen molar-refractivity contribution >= 4 is 11.6 Å². The van der Waals surface area contributed by atoms with Crippen molar-refractivity contribution in [3.8, 4) is 5.75 Å². The largest absolute Gasteiger partial charge is 0.489 e. The summed E-state index contributed by atoms with van der Waals surface area (Å²) in [6.07, 6.45) is 0.139. The van der Waals surface area contributed by atoms with Gasteiger partial charge >= 0.3 is 0 Å². The van der Waals surface area contributed by atoms with Crippen molar-refractivity contribution < 1.29 is 13.9 Å². The van der Waals surface area contributed by atoms with Crippen LogP contribution in [0, 0.1) is 5.82 Å². The summed E-state index contributed by atoms with van der Waals surface area (Å²) in [7, 11) is 0. The van der Waals surface area contributed by atoms with Crippen LogP contribution in [0.1, 0.15) is 19.4 Å². The van der Waals surface area contributed by atoms with E-state index in [1.807, 2.05) is 26.0 Å². The normalized spacial score (nSPS) is 10.5. The van der Waals surface area contributed by atoms with E-state index in [9.17, 15) is 9.18 Å². The minimum atomic E-state index is -0.344. The van der Waals surface area contributed by atoms with Crippen molar-refractivity contribution in [1.82, 2.24) is 0 Å². The summed E-state index contributed by atoms with van der Waals surface area (Å²) in [6, 6.07) is 13.3. The van der Waals surface area contributed by atoms with Gasteiger partial charge in [0.1, 0.15) is 11.6 Å². The first-order valence-corrected chi connectivity index (χ1v) is 6.84. The second kappa shape index (κ2) is 6.88. The van der Waals surface area contributed by atoms with Crippen LogP contribution in [-0.2, 0) is 11.2 Å². The standard InChI is InChI=1S/C17H18FNO2/c1-12(2)21-16-9-4-3-8-15(16)19-17(20)11-13-6-5-7-14(18)10-13/h3-10,12H,11H2,1-2H3,(H,19,20). The van der Waals surface area contributed by atoms with Crippen molar-refractivity contribution in [1.29, 1.82) is 0 Å². The molecular weight excluding hydrogens is 269 g/mol. The fraction of sp³-hybridized carbons (Fsp3) is 0.235. The highest BCUT2D eigenvalue weighted by atomic mass is 19.1. The van der Waals surface area contributed by atoms with Gasteiger partial charge < -0.3 is 10.1 Å². The average Bonchev–Trinajstić information content (AvgIpc) is 2.40. The predicted molar refractivity (Wildman–Crippen MR) is 80.9 cm³/mol. The quantitative estimate of drug-likeness (QED) is 0.908. The molecule has 1 N–H and O–H groups in total. The molecule has 0 fully saturated rings. The SMILES string of the molecule is CC(C)Oc1ccccc1NC(=O)Cc1cccc(F)c1. The van der Waals surface area contributed by atoms with Gasteiger partial charge in [-0.05, 0) is 43.7 Å². The Morgan fingerprint density at radius 3 is 2.67 bits per heavy atom. The number of hydrogen-bond acceptors (Lipinski definition) is 2. The molecule has 0 aliphatic rings. The van der Waals surface area contributed by atoms with Crippen LogP contribution in [0.3, 0.4) is 0 Å². The molecule has 110 valence electrons. The molecule has 0 aliphatic heterocycles. The maximum absolute atomic E-state index is 13.1. The number of ether oxygens (including phenoxy) is 1. The number of carbonyl (C=O) groups excluding carboxylic acids is 1. The molecule has 21 heavy (non-hydrogen) atoms. The molecule has 2 aromatic rings. The molecule has 1 amide bonds. The van der Waals surface area contributed by atoms with E-state index < -0.39 is 0 Å². The summed E-state index contributed by atoms with van der Waals surface area (Å²) in [5, 5.41) is 2.80. The molecule has 0 bridgehead atoms. The molecule has 3 nitrogen and oxygen atoms in total. The first-order chi connectivity index (χ1) is 10.0. The average molecular weight is 287 g/mol. The minimum absolute atomic E-state index is 0.0197. The molecule has 0 aliphatic carbocycles. The Morgan fingerprint density at radius 1 is 1.19 bits per heavy atom. The molecule has 0 atom stereocenters. The van der Waals surface area contributed by atoms with Crippen LogP contribution in [0.5, 0.6) is 5.75 Å². The lowest BCUT2D eigenvalue weighted by Crippen LogP contribution is -2.16. The van der Waals surface area contributed by atoms with E-state index in [4.69, 9.17) is 4.74 Å². The van der Waals surface area contributed by atoms with Crippen molar-refractivity contribution in [3.05, 3.63) is 59.9 Å². The van der Waals surface area contributed by atoms with E-state index in [1.54, 1.807) is 24.3 Å². The number of benzene rings is 2. The van der Waals surface area contributed by atoms with Gasteiger partial charge in [0.05, 0.1) is 18.2 Å². The van der Waals surface area contributed by atoms with E-state index in [0.29, 0.717) is 17.0 Å². The fourth-order valence-electron chi connectivity index (χ4n) is 1.95. The highest BCUT2D eigenvalue weighted by Gasteiger charge is 2.09. The lowest BCUT2D eigenvalue weighted by Gasteiger charge is -2.14. The van der Waals surface area contributed by atoms with Gasteiger partial charge in [0.2, 0.25) is 5.91 Å². The summed E-state index contributed by atoms with van der Waals surface area (Å²) in [4.78, 5) is 12.0. The second-order valence-corrected chi connectivity index (χ2v) is 5.02. The third kappa shape index (κ3) is 4.60. The van der Waals surface area contributed by atoms with Crippen LogP contribution in [0.15, 0.2) is 48.5 Å². The predicted octanol–water partition coefficient (Wildman–Crippen LogP) is 3.79. The monoisotopic (exact) mass is 287 g/mol. The zero-order valence-electron chi connectivity index (χ0n) is 12.1. The number of anilines is 1. The van der Waals surface area contributed by atoms with Crippen LogP contribution in [0.25, 0.3) is 0 Å². The summed E-state index contributed by atoms with van der Waals surface area (Å²) in [5.41, 5.74) is 1.25. The smallest absolute Gasteiger partial charge is 0.228 e. The number of carbonyl (C=O) groups is 1. The summed E-state index contributed by atoms with van der Waals surface area (Å²) in [5.74, 6) is 0.0735. The van der Waals surface area contributed by atoms with Gasteiger partial charge in [0.15, 0.2) is 0 Å². The van der Waals surface area contributed by atoms with E-state index in [-0.39, 0.29) is 24.2 Å². The molecule has 0 heterocycles. The zero-order chi connectivity index (χ0) is 15.2. The van der Waals surface area contributed by atoms with E-state index in [0.717, 1.165) is 0 Å².